The van der Waals surface area contributed by atoms with Gasteiger partial charge in [-0.15, -0.1) is 23.4 Å². The van der Waals surface area contributed by atoms with Crippen molar-refractivity contribution in [2.24, 2.45) is 0 Å². The number of hydrogen-bond donors (Lipinski definition) is 0. The van der Waals surface area contributed by atoms with Crippen molar-refractivity contribution in [1.29, 1.82) is 0 Å². The molecule has 1 amide bonds. The van der Waals surface area contributed by atoms with E-state index in [1.807, 2.05) is 30.5 Å². The topological polar surface area (TPSA) is 29.5 Å². The summed E-state index contributed by atoms with van der Waals surface area (Å²) in [6.45, 7) is 1.60. The molecule has 0 saturated heterocycles. The molecule has 5 heteroatoms. The lowest BCUT2D eigenvalue weighted by Gasteiger charge is -2.17. The van der Waals surface area contributed by atoms with Gasteiger partial charge in [-0.2, -0.15) is 0 Å². The van der Waals surface area contributed by atoms with Crippen molar-refractivity contribution in [3.63, 3.8) is 0 Å². The summed E-state index contributed by atoms with van der Waals surface area (Å²) < 4.78 is 5.25. The van der Waals surface area contributed by atoms with Crippen molar-refractivity contribution in [1.82, 2.24) is 4.90 Å². The van der Waals surface area contributed by atoms with Gasteiger partial charge in [-0.3, -0.25) is 4.79 Å². The van der Waals surface area contributed by atoms with Crippen molar-refractivity contribution >= 4 is 29.3 Å². The van der Waals surface area contributed by atoms with E-state index < -0.39 is 0 Å². The van der Waals surface area contributed by atoms with Gasteiger partial charge in [-0.05, 0) is 30.5 Å². The molecule has 0 unspecified atom stereocenters. The van der Waals surface area contributed by atoms with Crippen LogP contribution >= 0.6 is 23.4 Å². The Bertz CT molecular complexity index is 370. The maximum Gasteiger partial charge on any atom is 0.253 e. The molecule has 1 aromatic carbocycles. The minimum absolute atomic E-state index is 0.0112. The van der Waals surface area contributed by atoms with Gasteiger partial charge in [0.05, 0.1) is 13.2 Å². The zero-order chi connectivity index (χ0) is 13.4. The third-order valence-electron chi connectivity index (χ3n) is 2.48. The van der Waals surface area contributed by atoms with Crippen LogP contribution in [0.3, 0.4) is 0 Å². The number of alkyl halides is 1. The molecule has 0 atom stereocenters. The lowest BCUT2D eigenvalue weighted by molar-refractivity contribution is 0.0712. The van der Waals surface area contributed by atoms with Crippen LogP contribution in [0.5, 0.6) is 0 Å². The van der Waals surface area contributed by atoms with Crippen molar-refractivity contribution in [2.75, 3.05) is 38.9 Å². The van der Waals surface area contributed by atoms with Gasteiger partial charge in [0.15, 0.2) is 0 Å². The average molecular weight is 288 g/mol. The number of hydrogen-bond acceptors (Lipinski definition) is 3. The molecule has 0 aliphatic rings. The molecule has 0 bridgehead atoms. The Kier molecular flexibility index (Phi) is 7.16. The number of nitrogens with zero attached hydrogens (tertiary/aromatic N) is 1. The van der Waals surface area contributed by atoms with E-state index in [0.29, 0.717) is 31.2 Å². The largest absolute Gasteiger partial charge is 0.378 e. The molecule has 0 radical (unpaired) electrons. The first-order chi connectivity index (χ1) is 8.69. The third-order valence-corrected chi connectivity index (χ3v) is 3.37. The fourth-order valence-electron chi connectivity index (χ4n) is 1.41. The molecule has 3 nitrogen and oxygen atoms in total. The molecular formula is C13H18ClNO2S. The molecular weight excluding hydrogens is 270 g/mol. The van der Waals surface area contributed by atoms with Crippen molar-refractivity contribution in [3.8, 4) is 0 Å². The van der Waals surface area contributed by atoms with Gasteiger partial charge >= 0.3 is 0 Å². The Morgan fingerprint density at radius 3 is 2.56 bits per heavy atom. The Morgan fingerprint density at radius 1 is 1.33 bits per heavy atom. The molecule has 0 fully saturated rings. The normalized spacial score (nSPS) is 10.4. The summed E-state index contributed by atoms with van der Waals surface area (Å²) in [5, 5.41) is 0. The van der Waals surface area contributed by atoms with Crippen LogP contribution in [-0.4, -0.2) is 49.7 Å². The van der Waals surface area contributed by atoms with Crippen LogP contribution in [0.25, 0.3) is 0 Å². The first kappa shape index (κ1) is 15.3. The summed E-state index contributed by atoms with van der Waals surface area (Å²) >= 11 is 7.16. The number of benzene rings is 1. The highest BCUT2D eigenvalue weighted by Gasteiger charge is 2.10. The molecule has 18 heavy (non-hydrogen) atoms. The Morgan fingerprint density at radius 2 is 2.00 bits per heavy atom. The van der Waals surface area contributed by atoms with Crippen LogP contribution in [0.1, 0.15) is 10.4 Å². The van der Waals surface area contributed by atoms with Crippen LogP contribution < -0.4 is 0 Å². The molecule has 0 aliphatic heterocycles. The van der Waals surface area contributed by atoms with E-state index in [2.05, 4.69) is 0 Å². The summed E-state index contributed by atoms with van der Waals surface area (Å²) in [6.07, 6.45) is 2.01. The summed E-state index contributed by atoms with van der Waals surface area (Å²) in [7, 11) is 1.77. The van der Waals surface area contributed by atoms with Crippen LogP contribution in [-0.2, 0) is 4.74 Å². The lowest BCUT2D eigenvalue weighted by Crippen LogP contribution is -2.30. The number of thioether (sulfide) groups is 1. The van der Waals surface area contributed by atoms with E-state index in [9.17, 15) is 4.79 Å². The van der Waals surface area contributed by atoms with Gasteiger partial charge in [0.2, 0.25) is 0 Å². The lowest BCUT2D eigenvalue weighted by atomic mass is 10.2. The second kappa shape index (κ2) is 8.40. The molecule has 0 spiro atoms. The number of halogens is 1. The molecule has 1 rings (SSSR count). The zero-order valence-electron chi connectivity index (χ0n) is 10.7. The molecule has 0 heterocycles. The number of rotatable bonds is 7. The van der Waals surface area contributed by atoms with Gasteiger partial charge in [0.25, 0.3) is 5.91 Å². The van der Waals surface area contributed by atoms with E-state index in [1.165, 1.54) is 0 Å². The highest BCUT2D eigenvalue weighted by molar-refractivity contribution is 7.98. The summed E-state index contributed by atoms with van der Waals surface area (Å²) in [6, 6.07) is 7.61. The smallest absolute Gasteiger partial charge is 0.253 e. The molecule has 0 N–H and O–H groups in total. The third kappa shape index (κ3) is 4.88. The second-order valence-corrected chi connectivity index (χ2v) is 5.01. The number of carbonyl (C=O) groups is 1. The van der Waals surface area contributed by atoms with Gasteiger partial charge in [0, 0.05) is 29.9 Å². The van der Waals surface area contributed by atoms with Crippen LogP contribution in [0, 0.1) is 0 Å². The van der Waals surface area contributed by atoms with Crippen LogP contribution in [0.15, 0.2) is 29.2 Å². The Balaban J connectivity index is 2.46. The van der Waals surface area contributed by atoms with Gasteiger partial charge in [-0.1, -0.05) is 0 Å². The maximum atomic E-state index is 12.0. The SMILES string of the molecule is CSc1ccc(C(=O)N(C)CCOCCCl)cc1. The van der Waals surface area contributed by atoms with Gasteiger partial charge < -0.3 is 9.64 Å². The second-order valence-electron chi connectivity index (χ2n) is 3.76. The van der Waals surface area contributed by atoms with Crippen molar-refractivity contribution in [3.05, 3.63) is 29.8 Å². The van der Waals surface area contributed by atoms with Crippen LogP contribution in [0.4, 0.5) is 0 Å². The molecule has 0 aliphatic carbocycles. The number of amides is 1. The highest BCUT2D eigenvalue weighted by Crippen LogP contribution is 2.15. The summed E-state index contributed by atoms with van der Waals surface area (Å²) in [4.78, 5) is 14.9. The maximum absolute atomic E-state index is 12.0. The molecule has 1 aromatic rings. The summed E-state index contributed by atoms with van der Waals surface area (Å²) in [5.74, 6) is 0.491. The zero-order valence-corrected chi connectivity index (χ0v) is 12.3. The molecule has 0 aromatic heterocycles. The fraction of sp³-hybridized carbons (Fsp3) is 0.462. The van der Waals surface area contributed by atoms with Crippen molar-refractivity contribution < 1.29 is 9.53 Å². The quantitative estimate of drug-likeness (QED) is 0.439. The number of likely N-dealkylation sites (N-methyl/N-ethyl adjacent to an activating group) is 1. The van der Waals surface area contributed by atoms with Gasteiger partial charge in [-0.25, -0.2) is 0 Å². The standard InChI is InChI=1S/C13H18ClNO2S/c1-15(8-10-17-9-7-14)13(16)11-3-5-12(18-2)6-4-11/h3-6H,7-10H2,1-2H3. The first-order valence-corrected chi connectivity index (χ1v) is 7.48. The van der Waals surface area contributed by atoms with Crippen molar-refractivity contribution in [2.45, 2.75) is 4.90 Å². The highest BCUT2D eigenvalue weighted by atomic mass is 35.5. The van der Waals surface area contributed by atoms with E-state index in [0.717, 1.165) is 4.90 Å². The predicted molar refractivity (Wildman–Crippen MR) is 76.7 cm³/mol. The monoisotopic (exact) mass is 287 g/mol. The molecule has 0 saturated carbocycles. The van der Waals surface area contributed by atoms with Crippen LogP contribution in [0.2, 0.25) is 0 Å². The average Bonchev–Trinajstić information content (AvgIpc) is 2.42. The Hall–Kier alpha value is -0.710. The summed E-state index contributed by atoms with van der Waals surface area (Å²) in [5.41, 5.74) is 0.702. The van der Waals surface area contributed by atoms with Gasteiger partial charge in [0.1, 0.15) is 0 Å². The van der Waals surface area contributed by atoms with E-state index in [1.54, 1.807) is 23.7 Å². The minimum atomic E-state index is 0.0112. The first-order valence-electron chi connectivity index (χ1n) is 5.72. The number of ether oxygens (including phenoxy) is 1. The predicted octanol–water partition coefficient (Wildman–Crippen LogP) is 2.74. The minimum Gasteiger partial charge on any atom is -0.378 e. The Labute approximate surface area is 117 Å². The van der Waals surface area contributed by atoms with E-state index in [4.69, 9.17) is 16.3 Å². The van der Waals surface area contributed by atoms with E-state index in [-0.39, 0.29) is 5.91 Å². The van der Waals surface area contributed by atoms with E-state index >= 15 is 0 Å². The number of carbonyl (C=O) groups excluding carboxylic acids is 1. The molecule has 100 valence electrons. The fourth-order valence-corrected chi connectivity index (χ4v) is 1.93.